The fourth-order valence-electron chi connectivity index (χ4n) is 15.5. The summed E-state index contributed by atoms with van der Waals surface area (Å²) in [4.78, 5) is 36.4. The number of unbranched alkanes of at least 4 members (excludes halogenated alkanes) is 72. The second-order valence-electron chi connectivity index (χ2n) is 36.1. The molecule has 0 N–H and O–H groups in total. The van der Waals surface area contributed by atoms with Gasteiger partial charge in [-0.05, 0) is 193 Å². The normalized spacial score (nSPS) is 13.5. The van der Waals surface area contributed by atoms with Gasteiger partial charge in [-0.3, -0.25) is 0 Å². The summed E-state index contributed by atoms with van der Waals surface area (Å²) in [6, 6.07) is 0. The molecule has 121 heavy (non-hydrogen) atoms. The van der Waals surface area contributed by atoms with E-state index in [2.05, 4.69) is 114 Å². The monoisotopic (exact) mass is 1800 g/mol. The average molecular weight is 1800 g/mol. The minimum absolute atomic E-state index is 0. The van der Waals surface area contributed by atoms with Crippen molar-refractivity contribution < 1.29 is 59.3 Å². The van der Waals surface area contributed by atoms with E-state index in [-0.39, 0.29) is 35.8 Å². The molecule has 0 aliphatic carbocycles. The molecule has 3 atom stereocenters. The van der Waals surface area contributed by atoms with E-state index in [1.54, 1.807) is 0 Å². The van der Waals surface area contributed by atoms with Crippen molar-refractivity contribution in [3.05, 3.63) is 72.9 Å². The molecule has 0 saturated carbocycles. The van der Waals surface area contributed by atoms with Gasteiger partial charge < -0.3 is 41.9 Å². The van der Waals surface area contributed by atoms with Gasteiger partial charge in [-0.15, -0.1) is 0 Å². The van der Waals surface area contributed by atoms with Crippen LogP contribution < -0.4 is 14.7 Å². The molecule has 1 radical (unpaired) electrons. The molecule has 0 saturated heterocycles. The molecule has 0 fully saturated rings. The fraction of sp³-hybridized carbons (Fsp3) is 0.889. The molecule has 0 spiro atoms. The Morgan fingerprint density at radius 2 is 0.256 bits per heavy atom. The van der Waals surface area contributed by atoms with Crippen LogP contribution >= 0.6 is 22.8 Å². The zero-order chi connectivity index (χ0) is 87.7. The first-order valence-corrected chi connectivity index (χ1v) is 58.8. The minimum atomic E-state index is -3.64. The van der Waals surface area contributed by atoms with Crippen LogP contribution in [-0.4, -0.2) is 38.3 Å². The smallest absolute Gasteiger partial charge is 0.778 e. The van der Waals surface area contributed by atoms with Crippen molar-refractivity contribution >= 4 is 22.8 Å². The first-order valence-electron chi connectivity index (χ1n) is 53.6. The van der Waals surface area contributed by atoms with Crippen LogP contribution in [0.1, 0.15) is 581 Å². The predicted molar refractivity (Wildman–Crippen MR) is 532 cm³/mol. The summed E-state index contributed by atoms with van der Waals surface area (Å²) >= 11 is 0. The topological polar surface area (TPSA) is 148 Å². The zero-order valence-electron chi connectivity index (χ0n) is 82.0. The van der Waals surface area contributed by atoms with Crippen LogP contribution in [0.5, 0.6) is 0 Å². The van der Waals surface area contributed by atoms with Crippen molar-refractivity contribution in [3.8, 4) is 0 Å². The third-order valence-corrected chi connectivity index (χ3v) is 28.0. The molecule has 0 aromatic rings. The maximum atomic E-state index is 12.1. The molecule has 0 aromatic carbocycles. The molecule has 0 amide bonds. The molecular weight excluding hydrogens is 1590 g/mol. The van der Waals surface area contributed by atoms with E-state index in [1.165, 1.54) is 443 Å². The second-order valence-corrected chi connectivity index (χ2v) is 41.9. The van der Waals surface area contributed by atoms with Gasteiger partial charge in [-0.25, -0.2) is 0 Å². The molecule has 717 valence electrons. The van der Waals surface area contributed by atoms with Crippen LogP contribution in [0.4, 0.5) is 0 Å². The molecular formula is C108H210CrO9P3. The number of hydrogen-bond acceptors (Lipinski definition) is 9. The molecule has 0 aliphatic rings. The van der Waals surface area contributed by atoms with E-state index in [0.29, 0.717) is 19.8 Å². The van der Waals surface area contributed by atoms with Gasteiger partial charge >= 0.3 is 17.4 Å². The van der Waals surface area contributed by atoms with Crippen molar-refractivity contribution in [2.75, 3.05) is 38.3 Å². The Hall–Kier alpha value is -0.578. The second kappa shape index (κ2) is 112. The van der Waals surface area contributed by atoms with Crippen LogP contribution in [0, 0.1) is 0 Å². The Morgan fingerprint density at radius 3 is 0.380 bits per heavy atom. The standard InChI is InChI=1S/3C36H71O3P.Cr/c3*1-3-5-7-9-11-13-15-17-19-21-23-25-27-29-31-33-35-39-40(37,38)36-34-32-30-28-26-24-22-20-18-16-14-12-10-8-6-4-2;/h3*17-20H,3-16,21-36H2,1-2H3,(H,37,38);/q;;;+3/p-3. The number of rotatable bonds is 99. The summed E-state index contributed by atoms with van der Waals surface area (Å²) in [5.41, 5.74) is 0. The molecule has 3 unspecified atom stereocenters. The summed E-state index contributed by atoms with van der Waals surface area (Å²) in [5, 5.41) is 0. The summed E-state index contributed by atoms with van der Waals surface area (Å²) in [6.07, 6.45) is 134. The summed E-state index contributed by atoms with van der Waals surface area (Å²) in [7, 11) is -10.9. The predicted octanol–water partition coefficient (Wildman–Crippen LogP) is 37.9. The largest absolute Gasteiger partial charge is 3.00 e. The summed E-state index contributed by atoms with van der Waals surface area (Å²) in [5.74, 6) is 0. The van der Waals surface area contributed by atoms with Crippen LogP contribution in [-0.2, 0) is 44.6 Å². The maximum absolute atomic E-state index is 12.1. The quantitative estimate of drug-likeness (QED) is 0.0330. The van der Waals surface area contributed by atoms with Crippen LogP contribution in [0.15, 0.2) is 72.9 Å². The average Bonchev–Trinajstić information content (AvgIpc) is 0.951. The first kappa shape index (κ1) is 127. The third kappa shape index (κ3) is 121. The molecule has 0 bridgehead atoms. The molecule has 0 aliphatic heterocycles. The van der Waals surface area contributed by atoms with E-state index >= 15 is 0 Å². The fourth-order valence-corrected chi connectivity index (χ4v) is 19.0. The van der Waals surface area contributed by atoms with E-state index in [4.69, 9.17) is 13.6 Å². The molecule has 13 heteroatoms. The molecule has 0 rings (SSSR count). The van der Waals surface area contributed by atoms with E-state index < -0.39 is 22.8 Å². The Labute approximate surface area is 769 Å². The molecule has 0 heterocycles. The van der Waals surface area contributed by atoms with Crippen LogP contribution in [0.2, 0.25) is 0 Å². The summed E-state index contributed by atoms with van der Waals surface area (Å²) < 4.78 is 52.2. The van der Waals surface area contributed by atoms with Gasteiger partial charge in [0.15, 0.2) is 0 Å². The van der Waals surface area contributed by atoms with Crippen LogP contribution in [0.3, 0.4) is 0 Å². The minimum Gasteiger partial charge on any atom is -0.778 e. The van der Waals surface area contributed by atoms with E-state index in [9.17, 15) is 28.4 Å². The number of allylic oxidation sites excluding steroid dienone is 12. The maximum Gasteiger partial charge on any atom is 3.00 e. The third-order valence-electron chi connectivity index (χ3n) is 23.7. The Bertz CT molecular complexity index is 2010. The van der Waals surface area contributed by atoms with Crippen molar-refractivity contribution in [2.45, 2.75) is 581 Å². The summed E-state index contributed by atoms with van der Waals surface area (Å²) in [6.45, 7) is 14.7. The molecule has 0 aromatic heterocycles. The zero-order valence-corrected chi connectivity index (χ0v) is 86.0. The Balaban J connectivity index is -0.000000845. The van der Waals surface area contributed by atoms with Crippen molar-refractivity contribution in [1.29, 1.82) is 0 Å². The van der Waals surface area contributed by atoms with Gasteiger partial charge in [-0.2, -0.15) is 0 Å². The van der Waals surface area contributed by atoms with Gasteiger partial charge in [0.1, 0.15) is 22.8 Å². The SMILES string of the molecule is CCCCCCCCC=CCCCCCCCCOP(=O)([O-])CCCCCCCCC=CCCCCCCCC.CCCCCCCCC=CCCCCCCCCOP(=O)([O-])CCCCCCCCC=CCCCCCCCC.CCCCCCCCC=CCCCCCCCCOP(=O)([O-])CCCCCCCCC=CCCCCCCCC.[Cr+3]. The van der Waals surface area contributed by atoms with Crippen molar-refractivity contribution in [3.63, 3.8) is 0 Å². The Kier molecular flexibility index (Phi) is 117. The Morgan fingerprint density at radius 1 is 0.157 bits per heavy atom. The van der Waals surface area contributed by atoms with Gasteiger partial charge in [0.05, 0.1) is 19.8 Å². The number of hydrogen-bond donors (Lipinski definition) is 0. The van der Waals surface area contributed by atoms with Gasteiger partial charge in [0.25, 0.3) is 0 Å². The van der Waals surface area contributed by atoms with Crippen molar-refractivity contribution in [1.82, 2.24) is 0 Å². The van der Waals surface area contributed by atoms with Gasteiger partial charge in [-0.1, -0.05) is 461 Å². The van der Waals surface area contributed by atoms with E-state index in [1.807, 2.05) is 0 Å². The first-order chi connectivity index (χ1) is 58.9. The van der Waals surface area contributed by atoms with Gasteiger partial charge in [0.2, 0.25) is 0 Å². The van der Waals surface area contributed by atoms with Gasteiger partial charge in [0, 0.05) is 18.5 Å². The van der Waals surface area contributed by atoms with Crippen molar-refractivity contribution in [2.24, 2.45) is 0 Å². The van der Waals surface area contributed by atoms with E-state index in [0.717, 1.165) is 96.3 Å². The molecule has 9 nitrogen and oxygen atoms in total. The van der Waals surface area contributed by atoms with Crippen LogP contribution in [0.25, 0.3) is 0 Å².